The summed E-state index contributed by atoms with van der Waals surface area (Å²) in [6.07, 6.45) is 0. The van der Waals surface area contributed by atoms with Crippen molar-refractivity contribution in [2.45, 2.75) is 4.90 Å². The van der Waals surface area contributed by atoms with Crippen molar-refractivity contribution in [3.63, 3.8) is 0 Å². The number of carbonyl (C=O) groups excluding carboxylic acids is 1. The SMILES string of the molecule is O=C(Nc1ccc(N=S(=O)=O)cc1)c1cc(Cl)ccc1NS(=O)(=O)c1ccc(Cl)cc1. The van der Waals surface area contributed by atoms with Gasteiger partial charge < -0.3 is 5.32 Å². The van der Waals surface area contributed by atoms with Crippen molar-refractivity contribution in [3.05, 3.63) is 82.3 Å². The highest BCUT2D eigenvalue weighted by Gasteiger charge is 2.19. The molecular weight excluding hydrogens is 485 g/mol. The minimum absolute atomic E-state index is 0.0144. The van der Waals surface area contributed by atoms with Gasteiger partial charge in [0.15, 0.2) is 0 Å². The number of anilines is 2. The van der Waals surface area contributed by atoms with E-state index in [1.807, 2.05) is 0 Å². The Balaban J connectivity index is 1.88. The molecular formula is C19H13Cl2N3O5S2. The average molecular weight is 498 g/mol. The van der Waals surface area contributed by atoms with Crippen LogP contribution < -0.4 is 10.0 Å². The van der Waals surface area contributed by atoms with Crippen molar-refractivity contribution in [3.8, 4) is 0 Å². The largest absolute Gasteiger partial charge is 0.322 e. The molecule has 12 heteroatoms. The van der Waals surface area contributed by atoms with Crippen LogP contribution in [0.1, 0.15) is 10.4 Å². The highest BCUT2D eigenvalue weighted by molar-refractivity contribution is 7.92. The number of benzene rings is 3. The van der Waals surface area contributed by atoms with Gasteiger partial charge >= 0.3 is 10.5 Å². The van der Waals surface area contributed by atoms with Crippen LogP contribution in [0.4, 0.5) is 17.1 Å². The van der Waals surface area contributed by atoms with Crippen LogP contribution in [0.5, 0.6) is 0 Å². The molecule has 1 amide bonds. The minimum atomic E-state index is -3.99. The molecule has 0 unspecified atom stereocenters. The Hall–Kier alpha value is -2.92. The smallest absolute Gasteiger partial charge is 0.316 e. The molecule has 8 nitrogen and oxygen atoms in total. The number of rotatable bonds is 6. The number of sulfonamides is 1. The van der Waals surface area contributed by atoms with E-state index in [2.05, 4.69) is 14.4 Å². The summed E-state index contributed by atoms with van der Waals surface area (Å²) >= 11 is 11.8. The van der Waals surface area contributed by atoms with Crippen LogP contribution in [0.15, 0.2) is 76.0 Å². The maximum atomic E-state index is 12.8. The fourth-order valence-corrected chi connectivity index (χ4v) is 4.17. The van der Waals surface area contributed by atoms with Crippen LogP contribution in [0.25, 0.3) is 0 Å². The number of hydrogen-bond acceptors (Lipinski definition) is 6. The van der Waals surface area contributed by atoms with Gasteiger partial charge in [0.1, 0.15) is 0 Å². The molecule has 160 valence electrons. The second-order valence-electron chi connectivity index (χ2n) is 6.06. The topological polar surface area (TPSA) is 122 Å². The Morgan fingerprint density at radius 1 is 0.871 bits per heavy atom. The summed E-state index contributed by atoms with van der Waals surface area (Å²) in [5.74, 6) is -0.631. The van der Waals surface area contributed by atoms with E-state index in [1.54, 1.807) is 0 Å². The Morgan fingerprint density at radius 2 is 1.48 bits per heavy atom. The van der Waals surface area contributed by atoms with Gasteiger partial charge in [-0.25, -0.2) is 8.42 Å². The van der Waals surface area contributed by atoms with Crippen molar-refractivity contribution >= 4 is 66.7 Å². The van der Waals surface area contributed by atoms with Gasteiger partial charge in [-0.05, 0) is 66.7 Å². The Kier molecular flexibility index (Phi) is 6.96. The Bertz CT molecular complexity index is 1370. The number of carbonyl (C=O) groups is 1. The number of halogens is 2. The van der Waals surface area contributed by atoms with E-state index in [9.17, 15) is 21.6 Å². The van der Waals surface area contributed by atoms with Crippen molar-refractivity contribution in [2.24, 2.45) is 4.36 Å². The molecule has 0 aromatic heterocycles. The van der Waals surface area contributed by atoms with E-state index in [1.165, 1.54) is 66.7 Å². The molecule has 0 bridgehead atoms. The summed E-state index contributed by atoms with van der Waals surface area (Å²) in [6, 6.07) is 15.4. The van der Waals surface area contributed by atoms with Crippen LogP contribution >= 0.6 is 23.2 Å². The molecule has 3 rings (SSSR count). The lowest BCUT2D eigenvalue weighted by Crippen LogP contribution is -2.18. The number of hydrogen-bond donors (Lipinski definition) is 2. The quantitative estimate of drug-likeness (QED) is 0.509. The van der Waals surface area contributed by atoms with E-state index in [0.29, 0.717) is 10.7 Å². The average Bonchev–Trinajstić information content (AvgIpc) is 2.70. The zero-order valence-corrected chi connectivity index (χ0v) is 18.6. The summed E-state index contributed by atoms with van der Waals surface area (Å²) in [6.45, 7) is 0. The summed E-state index contributed by atoms with van der Waals surface area (Å²) in [5, 5.41) is 3.20. The highest BCUT2D eigenvalue weighted by atomic mass is 35.5. The Labute approximate surface area is 189 Å². The maximum absolute atomic E-state index is 12.8. The van der Waals surface area contributed by atoms with Crippen molar-refractivity contribution in [2.75, 3.05) is 10.0 Å². The monoisotopic (exact) mass is 497 g/mol. The summed E-state index contributed by atoms with van der Waals surface area (Å²) in [7, 11) is -6.59. The van der Waals surface area contributed by atoms with Crippen molar-refractivity contribution in [1.29, 1.82) is 0 Å². The van der Waals surface area contributed by atoms with Gasteiger partial charge in [0.05, 0.1) is 21.8 Å². The first-order chi connectivity index (χ1) is 14.6. The van der Waals surface area contributed by atoms with Crippen LogP contribution in [-0.2, 0) is 20.5 Å². The Morgan fingerprint density at radius 3 is 2.10 bits per heavy atom. The molecule has 31 heavy (non-hydrogen) atoms. The van der Waals surface area contributed by atoms with E-state index < -0.39 is 26.4 Å². The molecule has 0 spiro atoms. The molecule has 0 aliphatic carbocycles. The number of nitrogens with zero attached hydrogens (tertiary/aromatic N) is 1. The molecule has 0 radical (unpaired) electrons. The molecule has 0 aliphatic rings. The summed E-state index contributed by atoms with van der Waals surface area (Å²) in [5.41, 5.74) is 0.530. The molecule has 0 atom stereocenters. The van der Waals surface area contributed by atoms with Crippen LogP contribution in [0, 0.1) is 0 Å². The predicted molar refractivity (Wildman–Crippen MR) is 119 cm³/mol. The third-order valence-corrected chi connectivity index (χ3v) is 6.13. The number of amides is 1. The summed E-state index contributed by atoms with van der Waals surface area (Å²) in [4.78, 5) is 12.7. The first-order valence-corrected chi connectivity index (χ1v) is 11.7. The third kappa shape index (κ3) is 6.05. The van der Waals surface area contributed by atoms with Gasteiger partial charge in [0.2, 0.25) is 0 Å². The van der Waals surface area contributed by atoms with Crippen LogP contribution in [-0.4, -0.2) is 22.7 Å². The first kappa shape index (κ1) is 22.8. The lowest BCUT2D eigenvalue weighted by Gasteiger charge is -2.13. The molecule has 0 heterocycles. The molecule has 2 N–H and O–H groups in total. The zero-order valence-electron chi connectivity index (χ0n) is 15.4. The first-order valence-electron chi connectivity index (χ1n) is 8.44. The molecule has 0 saturated carbocycles. The molecule has 3 aromatic carbocycles. The maximum Gasteiger partial charge on any atom is 0.316 e. The van der Waals surface area contributed by atoms with Gasteiger partial charge in [-0.1, -0.05) is 23.2 Å². The molecule has 0 saturated heterocycles. The lowest BCUT2D eigenvalue weighted by atomic mass is 10.1. The minimum Gasteiger partial charge on any atom is -0.322 e. The number of nitrogens with one attached hydrogen (secondary N) is 2. The zero-order chi connectivity index (χ0) is 22.6. The van der Waals surface area contributed by atoms with Gasteiger partial charge in [0, 0.05) is 15.7 Å². The van der Waals surface area contributed by atoms with Gasteiger partial charge in [-0.2, -0.15) is 8.42 Å². The fraction of sp³-hybridized carbons (Fsp3) is 0. The second kappa shape index (κ2) is 9.48. The van der Waals surface area contributed by atoms with Gasteiger partial charge in [-0.15, -0.1) is 4.36 Å². The van der Waals surface area contributed by atoms with Gasteiger partial charge in [-0.3, -0.25) is 9.52 Å². The van der Waals surface area contributed by atoms with E-state index in [-0.39, 0.29) is 26.9 Å². The second-order valence-corrected chi connectivity index (χ2v) is 9.23. The highest BCUT2D eigenvalue weighted by Crippen LogP contribution is 2.26. The lowest BCUT2D eigenvalue weighted by molar-refractivity contribution is 0.102. The standard InChI is InChI=1S/C19H13Cl2N3O5S2/c20-12-1-8-16(9-2-12)31(28,29)24-18-10-3-13(21)11-17(18)19(25)22-14-4-6-15(7-5-14)23-30(26)27/h1-11,24H,(H,22,25). The molecule has 0 fully saturated rings. The van der Waals surface area contributed by atoms with Crippen LogP contribution in [0.3, 0.4) is 0 Å². The van der Waals surface area contributed by atoms with Gasteiger partial charge in [0.25, 0.3) is 15.9 Å². The van der Waals surface area contributed by atoms with E-state index in [0.717, 1.165) is 0 Å². The van der Waals surface area contributed by atoms with Crippen LogP contribution in [0.2, 0.25) is 10.0 Å². The van der Waals surface area contributed by atoms with Crippen molar-refractivity contribution < 1.29 is 21.6 Å². The normalized spacial score (nSPS) is 10.9. The molecule has 0 aliphatic heterocycles. The van der Waals surface area contributed by atoms with E-state index >= 15 is 0 Å². The molecule has 3 aromatic rings. The van der Waals surface area contributed by atoms with Crippen molar-refractivity contribution in [1.82, 2.24) is 0 Å². The predicted octanol–water partition coefficient (Wildman–Crippen LogP) is 4.74. The summed E-state index contributed by atoms with van der Waals surface area (Å²) < 4.78 is 52.3. The van der Waals surface area contributed by atoms with E-state index in [4.69, 9.17) is 23.2 Å². The third-order valence-electron chi connectivity index (χ3n) is 3.90. The fourth-order valence-electron chi connectivity index (χ4n) is 2.50.